The smallest absolute Gasteiger partial charge is 0.239 e. The Morgan fingerprint density at radius 2 is 1.95 bits per heavy atom. The second kappa shape index (κ2) is 6.10. The van der Waals surface area contributed by atoms with E-state index < -0.39 is 0 Å². The third-order valence-electron chi connectivity index (χ3n) is 3.63. The van der Waals surface area contributed by atoms with E-state index in [1.807, 2.05) is 37.1 Å². The predicted molar refractivity (Wildman–Crippen MR) is 83.0 cm³/mol. The van der Waals surface area contributed by atoms with Crippen LogP contribution in [0.5, 0.6) is 5.75 Å². The lowest BCUT2D eigenvalue weighted by Gasteiger charge is -2.26. The quantitative estimate of drug-likeness (QED) is 0.932. The molecule has 1 atom stereocenters. The van der Waals surface area contributed by atoms with Gasteiger partial charge in [-0.2, -0.15) is 0 Å². The third-order valence-corrected chi connectivity index (χ3v) is 3.63. The second-order valence-corrected chi connectivity index (χ2v) is 5.48. The average molecular weight is 287 g/mol. The second-order valence-electron chi connectivity index (χ2n) is 5.48. The Kier molecular flexibility index (Phi) is 4.43. The molecule has 5 heteroatoms. The Morgan fingerprint density at radius 3 is 2.62 bits per heavy atom. The van der Waals surface area contributed by atoms with Gasteiger partial charge in [-0.15, -0.1) is 0 Å². The summed E-state index contributed by atoms with van der Waals surface area (Å²) in [6.07, 6.45) is 0. The molecule has 0 aliphatic carbocycles. The van der Waals surface area contributed by atoms with Gasteiger partial charge in [-0.3, -0.25) is 9.69 Å². The summed E-state index contributed by atoms with van der Waals surface area (Å²) in [6, 6.07) is 8.97. The largest absolute Gasteiger partial charge is 0.506 e. The van der Waals surface area contributed by atoms with Crippen LogP contribution in [-0.2, 0) is 11.3 Å². The first-order valence-electron chi connectivity index (χ1n) is 6.89. The summed E-state index contributed by atoms with van der Waals surface area (Å²) < 4.78 is 0. The number of amides is 1. The fraction of sp³-hybridized carbons (Fsp3) is 0.375. The summed E-state index contributed by atoms with van der Waals surface area (Å²) >= 11 is 0. The maximum atomic E-state index is 12.0. The Balaban J connectivity index is 2.20. The lowest BCUT2D eigenvalue weighted by atomic mass is 10.1. The van der Waals surface area contributed by atoms with Gasteiger partial charge >= 0.3 is 0 Å². The van der Waals surface area contributed by atoms with Crippen molar-refractivity contribution in [3.63, 3.8) is 0 Å². The molecule has 0 aliphatic heterocycles. The summed E-state index contributed by atoms with van der Waals surface area (Å²) in [5.41, 5.74) is 1.42. The van der Waals surface area contributed by atoms with Crippen molar-refractivity contribution >= 4 is 16.8 Å². The first-order valence-corrected chi connectivity index (χ1v) is 6.89. The molecule has 0 fully saturated rings. The van der Waals surface area contributed by atoms with Gasteiger partial charge in [0.2, 0.25) is 5.91 Å². The standard InChI is InChI=1S/C16H21N3O2/c1-11(16(21)18(2)3)19(4)10-13-9-8-12-6-5-7-14(20)15(12)17-13/h5-9,11,20H,10H2,1-4H3. The maximum absolute atomic E-state index is 12.0. The number of fused-ring (bicyclic) bond motifs is 1. The molecule has 0 saturated carbocycles. The van der Waals surface area contributed by atoms with E-state index in [0.29, 0.717) is 12.1 Å². The number of phenolic OH excluding ortho intramolecular Hbond substituents is 1. The van der Waals surface area contributed by atoms with E-state index in [-0.39, 0.29) is 17.7 Å². The number of aromatic hydroxyl groups is 1. The molecule has 112 valence electrons. The molecular weight excluding hydrogens is 266 g/mol. The van der Waals surface area contributed by atoms with E-state index in [1.165, 1.54) is 0 Å². The summed E-state index contributed by atoms with van der Waals surface area (Å²) in [5.74, 6) is 0.232. The van der Waals surface area contributed by atoms with Gasteiger partial charge in [-0.1, -0.05) is 18.2 Å². The number of rotatable bonds is 4. The van der Waals surface area contributed by atoms with Crippen LogP contribution in [0.4, 0.5) is 0 Å². The number of pyridine rings is 1. The molecular formula is C16H21N3O2. The zero-order valence-corrected chi connectivity index (χ0v) is 12.9. The molecule has 0 spiro atoms. The molecule has 1 aromatic heterocycles. The first kappa shape index (κ1) is 15.3. The van der Waals surface area contributed by atoms with Crippen LogP contribution in [0.3, 0.4) is 0 Å². The van der Waals surface area contributed by atoms with Crippen LogP contribution in [0.2, 0.25) is 0 Å². The zero-order chi connectivity index (χ0) is 15.6. The van der Waals surface area contributed by atoms with Crippen LogP contribution >= 0.6 is 0 Å². The molecule has 0 bridgehead atoms. The Hall–Kier alpha value is -2.14. The summed E-state index contributed by atoms with van der Waals surface area (Å²) in [7, 11) is 5.39. The number of phenols is 1. The average Bonchev–Trinajstić information content (AvgIpc) is 2.46. The highest BCUT2D eigenvalue weighted by atomic mass is 16.3. The minimum Gasteiger partial charge on any atom is -0.506 e. The van der Waals surface area contributed by atoms with E-state index in [9.17, 15) is 9.90 Å². The van der Waals surface area contributed by atoms with Crippen LogP contribution < -0.4 is 0 Å². The highest BCUT2D eigenvalue weighted by Gasteiger charge is 2.20. The van der Waals surface area contributed by atoms with Gasteiger partial charge in [0.25, 0.3) is 0 Å². The van der Waals surface area contributed by atoms with Crippen molar-refractivity contribution in [3.8, 4) is 5.75 Å². The molecule has 2 aromatic rings. The van der Waals surface area contributed by atoms with Gasteiger partial charge in [0.1, 0.15) is 11.3 Å². The molecule has 1 heterocycles. The van der Waals surface area contributed by atoms with Gasteiger partial charge in [0, 0.05) is 26.0 Å². The van der Waals surface area contributed by atoms with Crippen molar-refractivity contribution in [2.45, 2.75) is 19.5 Å². The van der Waals surface area contributed by atoms with Gasteiger partial charge in [-0.05, 0) is 26.1 Å². The first-order chi connectivity index (χ1) is 9.90. The van der Waals surface area contributed by atoms with Crippen molar-refractivity contribution in [2.24, 2.45) is 0 Å². The topological polar surface area (TPSA) is 56.7 Å². The fourth-order valence-corrected chi connectivity index (χ4v) is 2.21. The molecule has 2 rings (SSSR count). The van der Waals surface area contributed by atoms with Crippen molar-refractivity contribution in [1.29, 1.82) is 0 Å². The van der Waals surface area contributed by atoms with Crippen LogP contribution in [0.15, 0.2) is 30.3 Å². The molecule has 1 amide bonds. The molecule has 0 radical (unpaired) electrons. The molecule has 21 heavy (non-hydrogen) atoms. The Bertz CT molecular complexity index is 655. The number of likely N-dealkylation sites (N-methyl/N-ethyl adjacent to an activating group) is 2. The minimum atomic E-state index is -0.220. The maximum Gasteiger partial charge on any atom is 0.239 e. The van der Waals surface area contributed by atoms with Gasteiger partial charge < -0.3 is 10.0 Å². The number of benzene rings is 1. The van der Waals surface area contributed by atoms with Crippen LogP contribution in [0, 0.1) is 0 Å². The van der Waals surface area contributed by atoms with Gasteiger partial charge in [-0.25, -0.2) is 4.98 Å². The Labute approximate surface area is 124 Å². The van der Waals surface area contributed by atoms with E-state index in [0.717, 1.165) is 11.1 Å². The molecule has 1 N–H and O–H groups in total. The molecule has 1 unspecified atom stereocenters. The monoisotopic (exact) mass is 287 g/mol. The molecule has 5 nitrogen and oxygen atoms in total. The normalized spacial score (nSPS) is 12.6. The SMILES string of the molecule is CC(C(=O)N(C)C)N(C)Cc1ccc2cccc(O)c2n1. The molecule has 1 aromatic carbocycles. The minimum absolute atomic E-state index is 0.0566. The van der Waals surface area contributed by atoms with Crippen molar-refractivity contribution in [1.82, 2.24) is 14.8 Å². The van der Waals surface area contributed by atoms with Crippen molar-refractivity contribution in [3.05, 3.63) is 36.0 Å². The number of para-hydroxylation sites is 1. The lowest BCUT2D eigenvalue weighted by molar-refractivity contribution is -0.133. The highest BCUT2D eigenvalue weighted by molar-refractivity contribution is 5.84. The summed E-state index contributed by atoms with van der Waals surface area (Å²) in [4.78, 5) is 20.0. The number of carbonyl (C=O) groups is 1. The van der Waals surface area contributed by atoms with Crippen LogP contribution in [-0.4, -0.2) is 53.0 Å². The third kappa shape index (κ3) is 3.31. The van der Waals surface area contributed by atoms with E-state index in [2.05, 4.69) is 4.98 Å². The van der Waals surface area contributed by atoms with Crippen molar-refractivity contribution < 1.29 is 9.90 Å². The van der Waals surface area contributed by atoms with Gasteiger partial charge in [0.05, 0.1) is 11.7 Å². The Morgan fingerprint density at radius 1 is 1.24 bits per heavy atom. The fourth-order valence-electron chi connectivity index (χ4n) is 2.21. The number of hydrogen-bond acceptors (Lipinski definition) is 4. The predicted octanol–water partition coefficient (Wildman–Crippen LogP) is 1.85. The van der Waals surface area contributed by atoms with E-state index >= 15 is 0 Å². The van der Waals surface area contributed by atoms with Crippen LogP contribution in [0.1, 0.15) is 12.6 Å². The number of aromatic nitrogens is 1. The summed E-state index contributed by atoms with van der Waals surface area (Å²) in [5, 5.41) is 10.8. The highest BCUT2D eigenvalue weighted by Crippen LogP contribution is 2.22. The zero-order valence-electron chi connectivity index (χ0n) is 12.9. The molecule has 0 aliphatic rings. The number of hydrogen-bond donors (Lipinski definition) is 1. The lowest BCUT2D eigenvalue weighted by Crippen LogP contribution is -2.42. The van der Waals surface area contributed by atoms with Crippen LogP contribution in [0.25, 0.3) is 10.9 Å². The van der Waals surface area contributed by atoms with E-state index in [4.69, 9.17) is 0 Å². The van der Waals surface area contributed by atoms with E-state index in [1.54, 1.807) is 31.1 Å². The molecule has 0 saturated heterocycles. The van der Waals surface area contributed by atoms with Crippen molar-refractivity contribution in [2.75, 3.05) is 21.1 Å². The number of carbonyl (C=O) groups excluding carboxylic acids is 1. The number of nitrogens with zero attached hydrogens (tertiary/aromatic N) is 3. The summed E-state index contributed by atoms with van der Waals surface area (Å²) in [6.45, 7) is 2.42. The van der Waals surface area contributed by atoms with Gasteiger partial charge in [0.15, 0.2) is 0 Å².